The molecule has 1 heterocycles. The van der Waals surface area contributed by atoms with E-state index < -0.39 is 0 Å². The van der Waals surface area contributed by atoms with Crippen molar-refractivity contribution < 1.29 is 9.53 Å². The zero-order valence-corrected chi connectivity index (χ0v) is 20.2. The minimum Gasteiger partial charge on any atom is -0.382 e. The minimum atomic E-state index is -0.135. The number of hydrogen-bond donors (Lipinski definition) is 0. The highest BCUT2D eigenvalue weighted by Crippen LogP contribution is 2.23. The molecule has 3 aromatic rings. The lowest BCUT2D eigenvalue weighted by Gasteiger charge is -2.25. The molecule has 0 saturated carbocycles. The van der Waals surface area contributed by atoms with Crippen molar-refractivity contribution in [3.8, 4) is 0 Å². The lowest BCUT2D eigenvalue weighted by Crippen LogP contribution is -2.31. The van der Waals surface area contributed by atoms with Crippen LogP contribution in [0.3, 0.4) is 0 Å². The van der Waals surface area contributed by atoms with Gasteiger partial charge in [-0.1, -0.05) is 53.7 Å². The van der Waals surface area contributed by atoms with Crippen molar-refractivity contribution in [1.29, 1.82) is 0 Å². The molecule has 0 bridgehead atoms. The van der Waals surface area contributed by atoms with Crippen LogP contribution in [0.5, 0.6) is 0 Å². The smallest absolute Gasteiger partial charge is 0.262 e. The van der Waals surface area contributed by atoms with Gasteiger partial charge in [0.05, 0.1) is 22.7 Å². The van der Waals surface area contributed by atoms with E-state index in [0.717, 1.165) is 5.56 Å². The Hall–Kier alpha value is -2.35. The molecule has 3 rings (SSSR count). The van der Waals surface area contributed by atoms with E-state index in [1.54, 1.807) is 34.7 Å². The number of benzene rings is 2. The van der Waals surface area contributed by atoms with Crippen LogP contribution in [0.4, 0.5) is 0 Å². The van der Waals surface area contributed by atoms with Crippen molar-refractivity contribution in [2.75, 3.05) is 26.0 Å². The maximum Gasteiger partial charge on any atom is 0.262 e. The number of nitrogens with zero attached hydrogens (tertiary/aromatic N) is 3. The van der Waals surface area contributed by atoms with E-state index in [9.17, 15) is 9.59 Å². The van der Waals surface area contributed by atoms with E-state index in [0.29, 0.717) is 47.3 Å². The Morgan fingerprint density at radius 1 is 1.25 bits per heavy atom. The number of rotatable bonds is 10. The van der Waals surface area contributed by atoms with Gasteiger partial charge in [0.1, 0.15) is 0 Å². The van der Waals surface area contributed by atoms with Gasteiger partial charge in [0.15, 0.2) is 5.16 Å². The van der Waals surface area contributed by atoms with Crippen molar-refractivity contribution >= 4 is 40.2 Å². The summed E-state index contributed by atoms with van der Waals surface area (Å²) < 4.78 is 7.05. The minimum absolute atomic E-state index is 0.0346. The normalized spacial score (nSPS) is 12.1. The summed E-state index contributed by atoms with van der Waals surface area (Å²) in [5, 5.41) is 1.54. The summed E-state index contributed by atoms with van der Waals surface area (Å²) in [5.41, 5.74) is 1.47. The monoisotopic (exact) mass is 473 g/mol. The molecule has 0 spiro atoms. The molecule has 0 aliphatic rings. The van der Waals surface area contributed by atoms with Crippen molar-refractivity contribution in [2.24, 2.45) is 0 Å². The molecule has 0 aliphatic carbocycles. The summed E-state index contributed by atoms with van der Waals surface area (Å²) in [4.78, 5) is 32.4. The number of aromatic nitrogens is 2. The van der Waals surface area contributed by atoms with Gasteiger partial charge in [0, 0.05) is 31.8 Å². The van der Waals surface area contributed by atoms with Crippen molar-refractivity contribution in [1.82, 2.24) is 14.5 Å². The molecule has 1 aromatic heterocycles. The van der Waals surface area contributed by atoms with Gasteiger partial charge in [-0.3, -0.25) is 14.2 Å². The molecule has 0 fully saturated rings. The standard InChI is InChI=1S/C24H28ClN3O3S/c1-4-31-14-8-13-28-23(30)20-12-11-19(25)15-21(20)26-24(28)32-16-22(29)27(3)17(2)18-9-6-5-7-10-18/h5-7,9-12,15,17H,4,8,13-14,16H2,1-3H3/t17-/m1/s1. The second-order valence-corrected chi connectivity index (χ2v) is 8.82. The number of hydrogen-bond acceptors (Lipinski definition) is 5. The predicted molar refractivity (Wildman–Crippen MR) is 130 cm³/mol. The molecule has 6 nitrogen and oxygen atoms in total. The van der Waals surface area contributed by atoms with Gasteiger partial charge < -0.3 is 9.64 Å². The highest BCUT2D eigenvalue weighted by atomic mass is 35.5. The quantitative estimate of drug-likeness (QED) is 0.241. The Morgan fingerprint density at radius 3 is 2.72 bits per heavy atom. The van der Waals surface area contributed by atoms with Gasteiger partial charge in [-0.15, -0.1) is 0 Å². The Morgan fingerprint density at radius 2 is 2.00 bits per heavy atom. The molecule has 0 radical (unpaired) electrons. The number of carbonyl (C=O) groups excluding carboxylic acids is 1. The first-order valence-electron chi connectivity index (χ1n) is 10.6. The van der Waals surface area contributed by atoms with E-state index in [-0.39, 0.29) is 23.3 Å². The molecule has 0 saturated heterocycles. The Labute approximate surface area is 197 Å². The molecule has 0 N–H and O–H groups in total. The number of carbonyl (C=O) groups is 1. The average molecular weight is 474 g/mol. The van der Waals surface area contributed by atoms with E-state index in [2.05, 4.69) is 4.98 Å². The van der Waals surface area contributed by atoms with Gasteiger partial charge >= 0.3 is 0 Å². The van der Waals surface area contributed by atoms with Crippen LogP contribution in [0.2, 0.25) is 5.02 Å². The van der Waals surface area contributed by atoms with E-state index >= 15 is 0 Å². The van der Waals surface area contributed by atoms with Crippen LogP contribution in [0, 0.1) is 0 Å². The number of amides is 1. The largest absolute Gasteiger partial charge is 0.382 e. The first-order valence-corrected chi connectivity index (χ1v) is 12.0. The van der Waals surface area contributed by atoms with Gasteiger partial charge in [0.25, 0.3) is 5.56 Å². The van der Waals surface area contributed by atoms with Gasteiger partial charge in [0.2, 0.25) is 5.91 Å². The molecule has 32 heavy (non-hydrogen) atoms. The predicted octanol–water partition coefficient (Wildman–Crippen LogP) is 4.79. The van der Waals surface area contributed by atoms with Gasteiger partial charge in [-0.25, -0.2) is 4.98 Å². The van der Waals surface area contributed by atoms with Crippen LogP contribution in [0.15, 0.2) is 58.5 Å². The SMILES string of the molecule is CCOCCCn1c(SCC(=O)N(C)[C@H](C)c2ccccc2)nc2cc(Cl)ccc2c1=O. The zero-order chi connectivity index (χ0) is 23.1. The highest BCUT2D eigenvalue weighted by Gasteiger charge is 2.19. The summed E-state index contributed by atoms with van der Waals surface area (Å²) in [6, 6.07) is 14.9. The first kappa shape index (κ1) is 24.3. The molecule has 0 aliphatic heterocycles. The van der Waals surface area contributed by atoms with Crippen LogP contribution in [-0.2, 0) is 16.1 Å². The molecule has 1 atom stereocenters. The summed E-state index contributed by atoms with van der Waals surface area (Å²) >= 11 is 7.38. The van der Waals surface area contributed by atoms with Crippen LogP contribution in [-0.4, -0.2) is 46.4 Å². The molecule has 2 aromatic carbocycles. The van der Waals surface area contributed by atoms with Crippen LogP contribution < -0.4 is 5.56 Å². The Balaban J connectivity index is 1.81. The highest BCUT2D eigenvalue weighted by molar-refractivity contribution is 7.99. The lowest BCUT2D eigenvalue weighted by molar-refractivity contribution is -0.128. The molecular formula is C24H28ClN3O3S. The second-order valence-electron chi connectivity index (χ2n) is 7.44. The lowest BCUT2D eigenvalue weighted by atomic mass is 10.1. The second kappa shape index (κ2) is 11.5. The number of thioether (sulfide) groups is 1. The summed E-state index contributed by atoms with van der Waals surface area (Å²) in [7, 11) is 1.79. The fourth-order valence-electron chi connectivity index (χ4n) is 3.35. The van der Waals surface area contributed by atoms with Crippen molar-refractivity contribution in [3.63, 3.8) is 0 Å². The fraction of sp³-hybridized carbons (Fsp3) is 0.375. The van der Waals surface area contributed by atoms with E-state index in [4.69, 9.17) is 16.3 Å². The molecule has 1 amide bonds. The Kier molecular flexibility index (Phi) is 8.73. The van der Waals surface area contributed by atoms with Crippen molar-refractivity contribution in [2.45, 2.75) is 38.0 Å². The number of fused-ring (bicyclic) bond motifs is 1. The topological polar surface area (TPSA) is 64.4 Å². The van der Waals surface area contributed by atoms with Crippen LogP contribution in [0.25, 0.3) is 10.9 Å². The van der Waals surface area contributed by atoms with Gasteiger partial charge in [-0.2, -0.15) is 0 Å². The van der Waals surface area contributed by atoms with E-state index in [1.165, 1.54) is 11.8 Å². The average Bonchev–Trinajstić information content (AvgIpc) is 2.81. The molecule has 170 valence electrons. The maximum absolute atomic E-state index is 13.1. The summed E-state index contributed by atoms with van der Waals surface area (Å²) in [5.74, 6) is 0.144. The zero-order valence-electron chi connectivity index (χ0n) is 18.6. The third kappa shape index (κ3) is 5.91. The van der Waals surface area contributed by atoms with Gasteiger partial charge in [-0.05, 0) is 44.0 Å². The van der Waals surface area contributed by atoms with Crippen molar-refractivity contribution in [3.05, 3.63) is 69.5 Å². The first-order chi connectivity index (χ1) is 15.4. The molecular weight excluding hydrogens is 446 g/mol. The van der Waals surface area contributed by atoms with Crippen LogP contribution in [0.1, 0.15) is 31.9 Å². The molecule has 0 unspecified atom stereocenters. The maximum atomic E-state index is 13.1. The third-order valence-corrected chi connectivity index (χ3v) is 6.53. The van der Waals surface area contributed by atoms with Crippen LogP contribution >= 0.6 is 23.4 Å². The molecule has 8 heteroatoms. The fourth-order valence-corrected chi connectivity index (χ4v) is 4.46. The Bertz CT molecular complexity index is 1120. The van der Waals surface area contributed by atoms with E-state index in [1.807, 2.05) is 44.2 Å². The third-order valence-electron chi connectivity index (χ3n) is 5.34. The summed E-state index contributed by atoms with van der Waals surface area (Å²) in [6.07, 6.45) is 0.682. The number of halogens is 1. The number of ether oxygens (including phenoxy) is 1. The summed E-state index contributed by atoms with van der Waals surface area (Å²) in [6.45, 7) is 5.59.